The van der Waals surface area contributed by atoms with Crippen molar-refractivity contribution in [2.24, 2.45) is 0 Å². The predicted octanol–water partition coefficient (Wildman–Crippen LogP) is 13.5. The zero-order valence-corrected chi connectivity index (χ0v) is 31.9. The Labute approximate surface area is 338 Å². The first-order chi connectivity index (χ1) is 28.7. The number of nitrogens with zero attached hydrogens (tertiary/aromatic N) is 5. The van der Waals surface area contributed by atoms with Gasteiger partial charge in [-0.25, -0.2) is 15.0 Å². The lowest BCUT2D eigenvalue weighted by molar-refractivity contribution is 1.06. The predicted molar refractivity (Wildman–Crippen MR) is 239 cm³/mol. The maximum Gasteiger partial charge on any atom is 0.166 e. The summed E-state index contributed by atoms with van der Waals surface area (Å²) in [6.07, 6.45) is 0. The molecule has 0 aliphatic heterocycles. The highest BCUT2D eigenvalue weighted by molar-refractivity contribution is 7.25. The highest BCUT2D eigenvalue weighted by Gasteiger charge is 2.22. The van der Waals surface area contributed by atoms with Gasteiger partial charge in [0, 0.05) is 47.6 Å². The summed E-state index contributed by atoms with van der Waals surface area (Å²) < 4.78 is 4.87. The Bertz CT molecular complexity index is 3340. The molecule has 11 rings (SSSR count). The summed E-state index contributed by atoms with van der Waals surface area (Å²) in [7, 11) is 0. The molecule has 6 heteroatoms. The average Bonchev–Trinajstić information content (AvgIpc) is 3.85. The molecule has 58 heavy (non-hydrogen) atoms. The van der Waals surface area contributed by atoms with Crippen LogP contribution in [-0.4, -0.2) is 19.5 Å². The summed E-state index contributed by atoms with van der Waals surface area (Å²) in [5.41, 5.74) is 10.9. The Morgan fingerprint density at radius 2 is 1.02 bits per heavy atom. The van der Waals surface area contributed by atoms with E-state index in [4.69, 9.17) is 15.0 Å². The molecule has 11 aromatic rings. The molecular weight excluding hydrogens is 727 g/mol. The Morgan fingerprint density at radius 1 is 0.414 bits per heavy atom. The van der Waals surface area contributed by atoms with Gasteiger partial charge < -0.3 is 4.57 Å². The number of para-hydroxylation sites is 1. The van der Waals surface area contributed by atoms with Gasteiger partial charge in [0.15, 0.2) is 17.5 Å². The monoisotopic (exact) mass is 757 g/mol. The Balaban J connectivity index is 1.20. The van der Waals surface area contributed by atoms with Crippen LogP contribution in [0.2, 0.25) is 0 Å². The average molecular weight is 758 g/mol. The van der Waals surface area contributed by atoms with Crippen LogP contribution in [0.3, 0.4) is 0 Å². The van der Waals surface area contributed by atoms with E-state index >= 15 is 0 Å². The van der Waals surface area contributed by atoms with Crippen LogP contribution >= 0.6 is 11.3 Å². The highest BCUT2D eigenvalue weighted by atomic mass is 32.1. The topological polar surface area (TPSA) is 67.4 Å². The maximum atomic E-state index is 9.42. The molecule has 0 amide bonds. The first kappa shape index (κ1) is 33.6. The van der Waals surface area contributed by atoms with Gasteiger partial charge in [0.1, 0.15) is 0 Å². The summed E-state index contributed by atoms with van der Waals surface area (Å²) in [5, 5.41) is 14.2. The number of rotatable bonds is 6. The second-order valence-electron chi connectivity index (χ2n) is 14.3. The minimum absolute atomic E-state index is 0.590. The fourth-order valence-corrected chi connectivity index (χ4v) is 9.30. The minimum Gasteiger partial charge on any atom is -0.309 e. The fraction of sp³-hybridized carbons (Fsp3) is 0. The third kappa shape index (κ3) is 5.64. The molecule has 0 N–H and O–H groups in total. The maximum absolute atomic E-state index is 9.42. The molecule has 8 aromatic carbocycles. The Morgan fingerprint density at radius 3 is 1.76 bits per heavy atom. The fourth-order valence-electron chi connectivity index (χ4n) is 8.17. The molecule has 270 valence electrons. The zero-order chi connectivity index (χ0) is 38.6. The van der Waals surface area contributed by atoms with E-state index < -0.39 is 0 Å². The van der Waals surface area contributed by atoms with Crippen molar-refractivity contribution in [1.29, 1.82) is 5.26 Å². The summed E-state index contributed by atoms with van der Waals surface area (Å²) in [4.78, 5) is 15.6. The van der Waals surface area contributed by atoms with Gasteiger partial charge in [0.25, 0.3) is 0 Å². The SMILES string of the molecule is N#Cc1ccc(-c2ccc3c(c2)c2ccccc2n3-c2ccc(-c3cccc4sc5ccccc5c34)cc2-c2nc(-c3ccccc3)nc(-c3ccccc3)n2)cc1. The molecule has 0 saturated heterocycles. The van der Waals surface area contributed by atoms with Crippen molar-refractivity contribution in [3.05, 3.63) is 194 Å². The molecule has 0 spiro atoms. The van der Waals surface area contributed by atoms with Crippen LogP contribution in [0.1, 0.15) is 5.56 Å². The third-order valence-electron chi connectivity index (χ3n) is 10.9. The van der Waals surface area contributed by atoms with E-state index in [1.807, 2.05) is 96.3 Å². The van der Waals surface area contributed by atoms with Gasteiger partial charge in [-0.3, -0.25) is 0 Å². The number of hydrogen-bond donors (Lipinski definition) is 0. The molecule has 0 unspecified atom stereocenters. The quantitative estimate of drug-likeness (QED) is 0.169. The van der Waals surface area contributed by atoms with E-state index in [-0.39, 0.29) is 0 Å². The summed E-state index contributed by atoms with van der Waals surface area (Å²) >= 11 is 1.82. The van der Waals surface area contributed by atoms with Crippen molar-refractivity contribution in [2.45, 2.75) is 0 Å². The van der Waals surface area contributed by atoms with Gasteiger partial charge in [-0.2, -0.15) is 5.26 Å². The Hall–Kier alpha value is -7.72. The van der Waals surface area contributed by atoms with E-state index in [2.05, 4.69) is 114 Å². The molecule has 0 fully saturated rings. The van der Waals surface area contributed by atoms with Gasteiger partial charge >= 0.3 is 0 Å². The molecule has 3 heterocycles. The lowest BCUT2D eigenvalue weighted by atomic mass is 9.96. The first-order valence-electron chi connectivity index (χ1n) is 19.2. The number of nitriles is 1. The van der Waals surface area contributed by atoms with Crippen molar-refractivity contribution in [2.75, 3.05) is 0 Å². The zero-order valence-electron chi connectivity index (χ0n) is 31.0. The van der Waals surface area contributed by atoms with Crippen LogP contribution in [0.25, 0.3) is 104 Å². The third-order valence-corrected chi connectivity index (χ3v) is 12.0. The van der Waals surface area contributed by atoms with Crippen LogP contribution in [0, 0.1) is 11.3 Å². The standard InChI is InChI=1S/C52H31N5S/c53-32-33-22-24-34(25-23-33)37-26-28-45-42(30-37)40-16-7-9-19-44(40)57(45)46-29-27-38(39-18-11-21-48-49(39)41-17-8-10-20-47(41)58-48)31-43(46)52-55-50(35-12-3-1-4-13-35)54-51(56-52)36-14-5-2-6-15-36/h1-31H. The normalized spacial score (nSPS) is 11.4. The van der Waals surface area contributed by atoms with Crippen molar-refractivity contribution in [1.82, 2.24) is 19.5 Å². The van der Waals surface area contributed by atoms with Gasteiger partial charge in [0.2, 0.25) is 0 Å². The molecule has 5 nitrogen and oxygen atoms in total. The van der Waals surface area contributed by atoms with Gasteiger partial charge in [-0.05, 0) is 76.9 Å². The molecular formula is C52H31N5S. The van der Waals surface area contributed by atoms with Gasteiger partial charge in [0.05, 0.1) is 28.4 Å². The molecule has 0 radical (unpaired) electrons. The summed E-state index contributed by atoms with van der Waals surface area (Å²) in [5.74, 6) is 1.81. The molecule has 0 bridgehead atoms. The minimum atomic E-state index is 0.590. The number of hydrogen-bond acceptors (Lipinski definition) is 5. The summed E-state index contributed by atoms with van der Waals surface area (Å²) in [6, 6.07) is 67.5. The lowest BCUT2D eigenvalue weighted by Crippen LogP contribution is -2.04. The number of aromatic nitrogens is 4. The first-order valence-corrected chi connectivity index (χ1v) is 20.0. The largest absolute Gasteiger partial charge is 0.309 e. The van der Waals surface area contributed by atoms with E-state index in [1.54, 1.807) is 0 Å². The van der Waals surface area contributed by atoms with Crippen LogP contribution in [0.5, 0.6) is 0 Å². The summed E-state index contributed by atoms with van der Waals surface area (Å²) in [6.45, 7) is 0. The highest BCUT2D eigenvalue weighted by Crippen LogP contribution is 2.43. The van der Waals surface area contributed by atoms with Crippen LogP contribution < -0.4 is 0 Å². The number of benzene rings is 8. The molecule has 3 aromatic heterocycles. The second-order valence-corrected chi connectivity index (χ2v) is 15.4. The van der Waals surface area contributed by atoms with Crippen molar-refractivity contribution >= 4 is 53.3 Å². The molecule has 0 aliphatic carbocycles. The van der Waals surface area contributed by atoms with Gasteiger partial charge in [-0.15, -0.1) is 11.3 Å². The van der Waals surface area contributed by atoms with Crippen LogP contribution in [0.4, 0.5) is 0 Å². The van der Waals surface area contributed by atoms with E-state index in [0.29, 0.717) is 23.0 Å². The second kappa shape index (κ2) is 13.8. The Kier molecular flexibility index (Phi) is 7.99. The molecule has 0 aliphatic rings. The van der Waals surface area contributed by atoms with Crippen LogP contribution in [0.15, 0.2) is 188 Å². The molecule has 0 saturated carbocycles. The van der Waals surface area contributed by atoms with Crippen molar-refractivity contribution in [3.8, 4) is 68.2 Å². The van der Waals surface area contributed by atoms with Crippen molar-refractivity contribution < 1.29 is 0 Å². The van der Waals surface area contributed by atoms with Crippen molar-refractivity contribution in [3.63, 3.8) is 0 Å². The smallest absolute Gasteiger partial charge is 0.166 e. The number of thiophene rings is 1. The number of fused-ring (bicyclic) bond motifs is 6. The van der Waals surface area contributed by atoms with E-state index in [1.165, 1.54) is 20.2 Å². The lowest BCUT2D eigenvalue weighted by Gasteiger charge is -2.17. The van der Waals surface area contributed by atoms with Crippen LogP contribution in [-0.2, 0) is 0 Å². The van der Waals surface area contributed by atoms with E-state index in [0.717, 1.165) is 66.4 Å². The molecule has 0 atom stereocenters. The van der Waals surface area contributed by atoms with E-state index in [9.17, 15) is 5.26 Å². The van der Waals surface area contributed by atoms with Gasteiger partial charge in [-0.1, -0.05) is 133 Å².